The van der Waals surface area contributed by atoms with Crippen LogP contribution in [0, 0.1) is 0 Å². The summed E-state index contributed by atoms with van der Waals surface area (Å²) in [5, 5.41) is 42.0. The van der Waals surface area contributed by atoms with Crippen LogP contribution in [0.1, 0.15) is 13.3 Å². The molecule has 1 aliphatic heterocycles. The summed E-state index contributed by atoms with van der Waals surface area (Å²) in [5.74, 6) is -1.11. The van der Waals surface area contributed by atoms with Crippen LogP contribution in [0.2, 0.25) is 0 Å². The molecular formula is C16H21N5O7. The molecule has 12 nitrogen and oxygen atoms in total. The number of aliphatic carboxylic acids is 1. The Hall–Kier alpha value is -2.80. The summed E-state index contributed by atoms with van der Waals surface area (Å²) >= 11 is 0. The topological polar surface area (TPSA) is 172 Å². The zero-order chi connectivity index (χ0) is 20.4. The molecule has 2 aromatic rings. The number of nitrogens with zero attached hydrogens (tertiary/aromatic N) is 4. The van der Waals surface area contributed by atoms with Gasteiger partial charge in [-0.1, -0.05) is 5.57 Å². The van der Waals surface area contributed by atoms with Crippen molar-refractivity contribution in [3.8, 4) is 0 Å². The highest BCUT2D eigenvalue weighted by Crippen LogP contribution is 2.23. The van der Waals surface area contributed by atoms with Gasteiger partial charge >= 0.3 is 5.97 Å². The van der Waals surface area contributed by atoms with Crippen molar-refractivity contribution in [2.24, 2.45) is 0 Å². The minimum Gasteiger partial charge on any atom is -0.479 e. The monoisotopic (exact) mass is 395 g/mol. The molecule has 3 rings (SSSR count). The minimum absolute atomic E-state index is 0.286. The third-order valence-electron chi connectivity index (χ3n) is 4.18. The van der Waals surface area contributed by atoms with Gasteiger partial charge in [-0.3, -0.25) is 0 Å². The molecular weight excluding hydrogens is 374 g/mol. The number of ether oxygens (including phenoxy) is 1. The second-order valence-electron chi connectivity index (χ2n) is 6.44. The van der Waals surface area contributed by atoms with E-state index in [0.717, 1.165) is 10.3 Å². The van der Waals surface area contributed by atoms with Crippen molar-refractivity contribution in [2.75, 3.05) is 11.9 Å². The van der Waals surface area contributed by atoms with Gasteiger partial charge in [-0.15, -0.1) is 6.58 Å². The van der Waals surface area contributed by atoms with E-state index in [-0.39, 0.29) is 5.65 Å². The standard InChI is InChI=1S/C16H21N5O7/c1-7(2)3-4-17-13-8-14(19-5-18-13)20-6-21(8)28-16-11(24)9(22)10(23)12(27-16)15(25)26/h5-6,9-12,16,22-24H,1,3-4H2,2H3,(H,25,26)(H,17,18,19)/t9-,10-,11+,12-,16?/m0/s1. The van der Waals surface area contributed by atoms with Gasteiger partial charge in [0.15, 0.2) is 23.1 Å². The van der Waals surface area contributed by atoms with Crippen molar-refractivity contribution in [3.05, 3.63) is 24.8 Å². The average Bonchev–Trinajstić information content (AvgIpc) is 3.05. The number of rotatable bonds is 7. The smallest absolute Gasteiger partial charge is 0.335 e. The third kappa shape index (κ3) is 3.89. The van der Waals surface area contributed by atoms with E-state index < -0.39 is 36.7 Å². The fourth-order valence-corrected chi connectivity index (χ4v) is 2.69. The Morgan fingerprint density at radius 3 is 2.71 bits per heavy atom. The zero-order valence-corrected chi connectivity index (χ0v) is 15.0. The highest BCUT2D eigenvalue weighted by atomic mass is 16.8. The normalized spacial score (nSPS) is 27.5. The summed E-state index contributed by atoms with van der Waals surface area (Å²) in [6.45, 7) is 6.26. The van der Waals surface area contributed by atoms with Gasteiger partial charge in [0.25, 0.3) is 6.29 Å². The molecule has 152 valence electrons. The Morgan fingerprint density at radius 1 is 1.29 bits per heavy atom. The fraction of sp³-hybridized carbons (Fsp3) is 0.500. The molecule has 3 heterocycles. The molecule has 2 aromatic heterocycles. The summed E-state index contributed by atoms with van der Waals surface area (Å²) in [5.41, 5.74) is 1.59. The molecule has 0 aromatic carbocycles. The summed E-state index contributed by atoms with van der Waals surface area (Å²) in [6, 6.07) is 0. The van der Waals surface area contributed by atoms with E-state index in [9.17, 15) is 20.1 Å². The van der Waals surface area contributed by atoms with Gasteiger partial charge in [-0.05, 0) is 13.3 Å². The number of hydrogen-bond acceptors (Lipinski definition) is 10. The lowest BCUT2D eigenvalue weighted by Gasteiger charge is -2.38. The number of aliphatic hydroxyl groups is 3. The second-order valence-corrected chi connectivity index (χ2v) is 6.44. The first-order valence-corrected chi connectivity index (χ1v) is 8.45. The quantitative estimate of drug-likeness (QED) is 0.346. The van der Waals surface area contributed by atoms with Crippen molar-refractivity contribution in [2.45, 2.75) is 44.1 Å². The summed E-state index contributed by atoms with van der Waals surface area (Å²) in [4.78, 5) is 28.9. The van der Waals surface area contributed by atoms with Gasteiger partial charge in [-0.25, -0.2) is 19.7 Å². The van der Waals surface area contributed by atoms with Gasteiger partial charge in [0.05, 0.1) is 0 Å². The number of aliphatic hydroxyl groups excluding tert-OH is 3. The van der Waals surface area contributed by atoms with Crippen molar-refractivity contribution < 1.29 is 34.8 Å². The fourth-order valence-electron chi connectivity index (χ4n) is 2.69. The molecule has 12 heteroatoms. The SMILES string of the molecule is C=C(C)CCNc1ncnc2ncn(OC3O[C@H](C(=O)O)[C@@H](O)[C@H](O)[C@H]3O)c12. The van der Waals surface area contributed by atoms with Gasteiger partial charge in [0.2, 0.25) is 0 Å². The van der Waals surface area contributed by atoms with Crippen LogP contribution in [-0.2, 0) is 9.53 Å². The number of anilines is 1. The first-order valence-electron chi connectivity index (χ1n) is 8.45. The van der Waals surface area contributed by atoms with Gasteiger partial charge in [0.1, 0.15) is 31.0 Å². The van der Waals surface area contributed by atoms with Crippen LogP contribution >= 0.6 is 0 Å². The lowest BCUT2D eigenvalue weighted by atomic mass is 9.99. The molecule has 0 spiro atoms. The largest absolute Gasteiger partial charge is 0.479 e. The first kappa shape index (κ1) is 19.9. The predicted molar refractivity (Wildman–Crippen MR) is 94.1 cm³/mol. The molecule has 5 atom stereocenters. The number of aromatic nitrogens is 4. The maximum absolute atomic E-state index is 11.2. The Balaban J connectivity index is 1.85. The van der Waals surface area contributed by atoms with Gasteiger partial charge in [-0.2, -0.15) is 4.73 Å². The van der Waals surface area contributed by atoms with Crippen molar-refractivity contribution >= 4 is 23.0 Å². The van der Waals surface area contributed by atoms with Gasteiger partial charge in [0, 0.05) is 6.54 Å². The van der Waals surface area contributed by atoms with Crippen molar-refractivity contribution in [3.63, 3.8) is 0 Å². The number of hydrogen-bond donors (Lipinski definition) is 5. The van der Waals surface area contributed by atoms with E-state index in [0.29, 0.717) is 24.3 Å². The van der Waals surface area contributed by atoms with Crippen LogP contribution in [0.15, 0.2) is 24.8 Å². The van der Waals surface area contributed by atoms with Crippen LogP contribution in [0.5, 0.6) is 0 Å². The number of nitrogens with one attached hydrogen (secondary N) is 1. The average molecular weight is 395 g/mol. The molecule has 0 radical (unpaired) electrons. The molecule has 1 fully saturated rings. The lowest BCUT2D eigenvalue weighted by molar-refractivity contribution is -0.292. The third-order valence-corrected chi connectivity index (χ3v) is 4.18. The molecule has 0 amide bonds. The Labute approximate surface area is 159 Å². The first-order chi connectivity index (χ1) is 13.3. The number of carbonyl (C=O) groups is 1. The maximum atomic E-state index is 11.2. The van der Waals surface area contributed by atoms with Crippen LogP contribution in [-0.4, -0.2) is 83.3 Å². The molecule has 1 aliphatic rings. The maximum Gasteiger partial charge on any atom is 0.335 e. The molecule has 28 heavy (non-hydrogen) atoms. The molecule has 0 aliphatic carbocycles. The van der Waals surface area contributed by atoms with E-state index in [1.54, 1.807) is 0 Å². The van der Waals surface area contributed by atoms with Crippen molar-refractivity contribution in [1.82, 2.24) is 19.7 Å². The van der Waals surface area contributed by atoms with Crippen LogP contribution in [0.3, 0.4) is 0 Å². The Bertz CT molecular complexity index is 872. The summed E-state index contributed by atoms with van der Waals surface area (Å²) in [6.07, 6.45) is -5.39. The minimum atomic E-state index is -1.81. The van der Waals surface area contributed by atoms with Crippen LogP contribution in [0.25, 0.3) is 11.2 Å². The van der Waals surface area contributed by atoms with Crippen molar-refractivity contribution in [1.29, 1.82) is 0 Å². The molecule has 5 N–H and O–H groups in total. The summed E-state index contributed by atoms with van der Waals surface area (Å²) < 4.78 is 6.22. The molecule has 0 saturated carbocycles. The highest BCUT2D eigenvalue weighted by molar-refractivity contribution is 5.82. The summed E-state index contributed by atoms with van der Waals surface area (Å²) in [7, 11) is 0. The second kappa shape index (κ2) is 8.06. The molecule has 0 bridgehead atoms. The van der Waals surface area contributed by atoms with E-state index in [4.69, 9.17) is 14.7 Å². The zero-order valence-electron chi connectivity index (χ0n) is 15.0. The number of carboxylic acids is 1. The molecule has 1 unspecified atom stereocenters. The van der Waals surface area contributed by atoms with Crippen LogP contribution < -0.4 is 10.2 Å². The van der Waals surface area contributed by atoms with Gasteiger partial charge < -0.3 is 35.3 Å². The molecule has 1 saturated heterocycles. The predicted octanol–water partition coefficient (Wildman–Crippen LogP) is -1.47. The van der Waals surface area contributed by atoms with Crippen LogP contribution in [0.4, 0.5) is 5.82 Å². The number of imidazole rings is 1. The number of carboxylic acid groups (broad SMARTS) is 1. The highest BCUT2D eigenvalue weighted by Gasteiger charge is 2.48. The van der Waals surface area contributed by atoms with E-state index >= 15 is 0 Å². The Morgan fingerprint density at radius 2 is 2.04 bits per heavy atom. The lowest BCUT2D eigenvalue weighted by Crippen LogP contribution is -2.62. The van der Waals surface area contributed by atoms with E-state index in [1.165, 1.54) is 12.7 Å². The van der Waals surface area contributed by atoms with E-state index in [1.807, 2.05) is 6.92 Å². The van der Waals surface area contributed by atoms with E-state index in [2.05, 4.69) is 26.8 Å². The Kier molecular flexibility index (Phi) is 5.74. The number of fused-ring (bicyclic) bond motifs is 1.